The molecule has 5 heteroatoms. The van der Waals surface area contributed by atoms with E-state index in [0.717, 1.165) is 12.8 Å². The molecule has 1 amide bonds. The van der Waals surface area contributed by atoms with Crippen molar-refractivity contribution >= 4 is 17.4 Å². The molecule has 1 atom stereocenters. The summed E-state index contributed by atoms with van der Waals surface area (Å²) in [7, 11) is 0. The summed E-state index contributed by atoms with van der Waals surface area (Å²) in [6, 6.07) is 4.72. The fourth-order valence-corrected chi connectivity index (χ4v) is 2.40. The van der Waals surface area contributed by atoms with Crippen LogP contribution in [0.3, 0.4) is 0 Å². The molecule has 0 bridgehead atoms. The van der Waals surface area contributed by atoms with Gasteiger partial charge >= 0.3 is 0 Å². The van der Waals surface area contributed by atoms with Crippen LogP contribution in [0.4, 0.5) is 5.69 Å². The maximum absolute atomic E-state index is 12.3. The zero-order valence-corrected chi connectivity index (χ0v) is 10.9. The normalized spacial score (nSPS) is 19.2. The summed E-state index contributed by atoms with van der Waals surface area (Å²) in [4.78, 5) is 25.4. The van der Waals surface area contributed by atoms with Gasteiger partial charge in [0.15, 0.2) is 5.75 Å². The number of hydrogen-bond acceptors (Lipinski definition) is 4. The molecule has 0 saturated carbocycles. The van der Waals surface area contributed by atoms with Crippen molar-refractivity contribution in [3.05, 3.63) is 23.8 Å². The Kier molecular flexibility index (Phi) is 3.74. The van der Waals surface area contributed by atoms with E-state index in [9.17, 15) is 14.7 Å². The van der Waals surface area contributed by atoms with Gasteiger partial charge in [0.25, 0.3) is 5.91 Å². The first-order valence-corrected chi connectivity index (χ1v) is 6.38. The van der Waals surface area contributed by atoms with Gasteiger partial charge in [0.1, 0.15) is 5.78 Å². The van der Waals surface area contributed by atoms with Crippen LogP contribution in [0.25, 0.3) is 0 Å². The smallest absolute Gasteiger partial charge is 0.257 e. The van der Waals surface area contributed by atoms with Crippen molar-refractivity contribution in [2.75, 3.05) is 18.8 Å². The number of carbonyl (C=O) groups is 2. The Hall–Kier alpha value is -2.04. The fourth-order valence-electron chi connectivity index (χ4n) is 2.40. The number of phenols is 1. The lowest BCUT2D eigenvalue weighted by Crippen LogP contribution is -2.41. The number of piperidine rings is 1. The first-order chi connectivity index (χ1) is 9.00. The molecule has 1 aromatic carbocycles. The average Bonchev–Trinajstić information content (AvgIpc) is 2.41. The molecule has 1 saturated heterocycles. The van der Waals surface area contributed by atoms with Gasteiger partial charge in [-0.15, -0.1) is 0 Å². The number of carbonyl (C=O) groups excluding carboxylic acids is 2. The Morgan fingerprint density at radius 3 is 2.84 bits per heavy atom. The number of phenolic OH excluding ortho intramolecular Hbond substituents is 1. The van der Waals surface area contributed by atoms with Crippen LogP contribution in [-0.2, 0) is 4.79 Å². The molecule has 5 nitrogen and oxygen atoms in total. The van der Waals surface area contributed by atoms with E-state index in [1.165, 1.54) is 0 Å². The highest BCUT2D eigenvalue weighted by Gasteiger charge is 2.28. The number of nitrogens with zero attached hydrogens (tertiary/aromatic N) is 1. The minimum absolute atomic E-state index is 0.0964. The van der Waals surface area contributed by atoms with Crippen molar-refractivity contribution in [1.82, 2.24) is 4.90 Å². The predicted molar refractivity (Wildman–Crippen MR) is 71.8 cm³/mol. The van der Waals surface area contributed by atoms with E-state index in [0.29, 0.717) is 13.1 Å². The molecule has 0 aromatic heterocycles. The highest BCUT2D eigenvalue weighted by molar-refractivity contribution is 5.98. The molecule has 0 aliphatic carbocycles. The number of anilines is 1. The third-order valence-corrected chi connectivity index (χ3v) is 3.58. The molecule has 1 aliphatic rings. The quantitative estimate of drug-likeness (QED) is 0.623. The van der Waals surface area contributed by atoms with Crippen LogP contribution in [0, 0.1) is 5.92 Å². The molecule has 19 heavy (non-hydrogen) atoms. The Labute approximate surface area is 112 Å². The van der Waals surface area contributed by atoms with Gasteiger partial charge in [-0.25, -0.2) is 0 Å². The van der Waals surface area contributed by atoms with E-state index in [2.05, 4.69) is 0 Å². The third-order valence-electron chi connectivity index (χ3n) is 3.58. The molecule has 102 valence electrons. The molecule has 1 unspecified atom stereocenters. The minimum Gasteiger partial charge on any atom is -0.505 e. The maximum atomic E-state index is 12.3. The average molecular weight is 262 g/mol. The molecular formula is C14H18N2O3. The standard InChI is InChI=1S/C14H18N2O3/c1-9(17)10-4-3-7-16(8-10)14(19)11-5-2-6-12(15)13(11)18/h2,5-6,10,18H,3-4,7-8,15H2,1H3. The van der Waals surface area contributed by atoms with Crippen molar-refractivity contribution in [3.63, 3.8) is 0 Å². The van der Waals surface area contributed by atoms with Gasteiger partial charge in [-0.3, -0.25) is 9.59 Å². The van der Waals surface area contributed by atoms with Crippen molar-refractivity contribution in [2.45, 2.75) is 19.8 Å². The number of aromatic hydroxyl groups is 1. The Bertz CT molecular complexity index is 513. The highest BCUT2D eigenvalue weighted by Crippen LogP contribution is 2.27. The number of nitrogens with two attached hydrogens (primary N) is 1. The maximum Gasteiger partial charge on any atom is 0.257 e. The van der Waals surface area contributed by atoms with Gasteiger partial charge in [-0.05, 0) is 31.9 Å². The first kappa shape index (κ1) is 13.4. The molecule has 0 spiro atoms. The zero-order valence-electron chi connectivity index (χ0n) is 10.9. The second-order valence-electron chi connectivity index (χ2n) is 4.94. The number of rotatable bonds is 2. The van der Waals surface area contributed by atoms with Crippen molar-refractivity contribution in [3.8, 4) is 5.75 Å². The van der Waals surface area contributed by atoms with Crippen LogP contribution in [0.15, 0.2) is 18.2 Å². The van der Waals surface area contributed by atoms with Gasteiger partial charge in [0.2, 0.25) is 0 Å². The van der Waals surface area contributed by atoms with Crippen molar-refractivity contribution in [1.29, 1.82) is 0 Å². The lowest BCUT2D eigenvalue weighted by atomic mass is 9.94. The molecule has 1 aliphatic heterocycles. The van der Waals surface area contributed by atoms with E-state index in [-0.39, 0.29) is 34.6 Å². The number of nitrogen functional groups attached to an aromatic ring is 1. The van der Waals surface area contributed by atoms with Gasteiger partial charge in [0, 0.05) is 19.0 Å². The predicted octanol–water partition coefficient (Wildman–Crippen LogP) is 1.42. The van der Waals surface area contributed by atoms with E-state index in [4.69, 9.17) is 5.73 Å². The van der Waals surface area contributed by atoms with Gasteiger partial charge in [-0.2, -0.15) is 0 Å². The Morgan fingerprint density at radius 2 is 2.16 bits per heavy atom. The first-order valence-electron chi connectivity index (χ1n) is 6.38. The van der Waals surface area contributed by atoms with E-state index in [1.54, 1.807) is 30.0 Å². The van der Waals surface area contributed by atoms with E-state index in [1.807, 2.05) is 0 Å². The molecule has 2 rings (SSSR count). The monoisotopic (exact) mass is 262 g/mol. The number of para-hydroxylation sites is 1. The largest absolute Gasteiger partial charge is 0.505 e. The lowest BCUT2D eigenvalue weighted by molar-refractivity contribution is -0.121. The van der Waals surface area contributed by atoms with Crippen LogP contribution < -0.4 is 5.73 Å². The van der Waals surface area contributed by atoms with Gasteiger partial charge in [-0.1, -0.05) is 6.07 Å². The molecule has 3 N–H and O–H groups in total. The highest BCUT2D eigenvalue weighted by atomic mass is 16.3. The minimum atomic E-state index is -0.268. The van der Waals surface area contributed by atoms with Crippen molar-refractivity contribution in [2.24, 2.45) is 5.92 Å². The Morgan fingerprint density at radius 1 is 1.42 bits per heavy atom. The van der Waals surface area contributed by atoms with Crippen LogP contribution in [0.1, 0.15) is 30.1 Å². The fraction of sp³-hybridized carbons (Fsp3) is 0.429. The topological polar surface area (TPSA) is 83.6 Å². The summed E-state index contributed by atoms with van der Waals surface area (Å²) in [5, 5.41) is 9.83. The number of Topliss-reactive ketones (excluding diaryl/α,β-unsaturated/α-hetero) is 1. The summed E-state index contributed by atoms with van der Waals surface area (Å²) in [5.41, 5.74) is 5.97. The second-order valence-corrected chi connectivity index (χ2v) is 4.94. The summed E-state index contributed by atoms with van der Waals surface area (Å²) >= 11 is 0. The van der Waals surface area contributed by atoms with Crippen molar-refractivity contribution < 1.29 is 14.7 Å². The third kappa shape index (κ3) is 2.70. The lowest BCUT2D eigenvalue weighted by Gasteiger charge is -2.31. The van der Waals surface area contributed by atoms with Crippen LogP contribution >= 0.6 is 0 Å². The van der Waals surface area contributed by atoms with Gasteiger partial charge < -0.3 is 15.7 Å². The molecular weight excluding hydrogens is 244 g/mol. The number of ketones is 1. The molecule has 1 fully saturated rings. The van der Waals surface area contributed by atoms with E-state index >= 15 is 0 Å². The number of amides is 1. The summed E-state index contributed by atoms with van der Waals surface area (Å²) in [5.74, 6) is -0.441. The SMILES string of the molecule is CC(=O)C1CCCN(C(=O)c2cccc(N)c2O)C1. The van der Waals surface area contributed by atoms with Crippen LogP contribution in [-0.4, -0.2) is 34.8 Å². The zero-order chi connectivity index (χ0) is 14.0. The number of likely N-dealkylation sites (tertiary alicyclic amines) is 1. The van der Waals surface area contributed by atoms with Crippen LogP contribution in [0.2, 0.25) is 0 Å². The number of benzene rings is 1. The number of hydrogen-bond donors (Lipinski definition) is 2. The Balaban J connectivity index is 2.19. The second kappa shape index (κ2) is 5.30. The van der Waals surface area contributed by atoms with Crippen LogP contribution in [0.5, 0.6) is 5.75 Å². The summed E-state index contributed by atoms with van der Waals surface area (Å²) in [6.07, 6.45) is 1.63. The van der Waals surface area contributed by atoms with E-state index < -0.39 is 0 Å². The molecule has 1 heterocycles. The van der Waals surface area contributed by atoms with Gasteiger partial charge in [0.05, 0.1) is 11.3 Å². The molecule has 0 radical (unpaired) electrons. The summed E-state index contributed by atoms with van der Waals surface area (Å²) < 4.78 is 0. The summed E-state index contributed by atoms with van der Waals surface area (Å²) in [6.45, 7) is 2.58. The molecule has 1 aromatic rings.